The first-order chi connectivity index (χ1) is 9.20. The Morgan fingerprint density at radius 2 is 1.95 bits per heavy atom. The van der Waals surface area contributed by atoms with E-state index in [9.17, 15) is 13.2 Å². The summed E-state index contributed by atoms with van der Waals surface area (Å²) in [5, 5.41) is 0.554. The molecule has 0 spiro atoms. The molecule has 20 heavy (non-hydrogen) atoms. The highest BCUT2D eigenvalue weighted by molar-refractivity contribution is 9.10. The Kier molecular flexibility index (Phi) is 4.16. The normalized spacial score (nSPS) is 14.2. The van der Waals surface area contributed by atoms with Gasteiger partial charge >= 0.3 is 6.18 Å². The molecule has 2 N–H and O–H groups in total. The van der Waals surface area contributed by atoms with Crippen molar-refractivity contribution in [1.29, 1.82) is 0 Å². The SMILES string of the molecule is CC(C)Cn1cc(C(N)C(F)(F)F)c2ccc(Br)cc21. The molecule has 0 radical (unpaired) electrons. The lowest BCUT2D eigenvalue weighted by molar-refractivity contribution is -0.148. The van der Waals surface area contributed by atoms with Crippen LogP contribution in [0.5, 0.6) is 0 Å². The van der Waals surface area contributed by atoms with E-state index in [1.165, 1.54) is 6.20 Å². The Morgan fingerprint density at radius 3 is 2.50 bits per heavy atom. The molecule has 1 aromatic heterocycles. The van der Waals surface area contributed by atoms with E-state index in [1.54, 1.807) is 12.1 Å². The number of fused-ring (bicyclic) bond motifs is 1. The van der Waals surface area contributed by atoms with Crippen molar-refractivity contribution in [2.75, 3.05) is 0 Å². The minimum atomic E-state index is -4.44. The molecular weight excluding hydrogens is 333 g/mol. The van der Waals surface area contributed by atoms with Crippen molar-refractivity contribution in [3.63, 3.8) is 0 Å². The molecule has 0 amide bonds. The quantitative estimate of drug-likeness (QED) is 0.861. The number of benzene rings is 1. The van der Waals surface area contributed by atoms with Gasteiger partial charge in [-0.1, -0.05) is 35.8 Å². The predicted octanol–water partition coefficient (Wildman–Crippen LogP) is 4.62. The molecule has 110 valence electrons. The summed E-state index contributed by atoms with van der Waals surface area (Å²) in [5.41, 5.74) is 6.26. The van der Waals surface area contributed by atoms with Gasteiger partial charge in [0.05, 0.1) is 0 Å². The fourth-order valence-electron chi connectivity index (χ4n) is 2.26. The van der Waals surface area contributed by atoms with Crippen LogP contribution >= 0.6 is 15.9 Å². The summed E-state index contributed by atoms with van der Waals surface area (Å²) in [5.74, 6) is 0.333. The third kappa shape index (κ3) is 3.01. The zero-order valence-corrected chi connectivity index (χ0v) is 12.8. The first-order valence-corrected chi connectivity index (χ1v) is 7.10. The summed E-state index contributed by atoms with van der Waals surface area (Å²) in [4.78, 5) is 0. The fraction of sp³-hybridized carbons (Fsp3) is 0.429. The second-order valence-electron chi connectivity index (χ2n) is 5.31. The minimum Gasteiger partial charge on any atom is -0.347 e. The number of hydrogen-bond donors (Lipinski definition) is 1. The second kappa shape index (κ2) is 5.41. The summed E-state index contributed by atoms with van der Waals surface area (Å²) in [6.45, 7) is 4.69. The molecule has 1 aromatic carbocycles. The Bertz CT molecular complexity index is 617. The summed E-state index contributed by atoms with van der Waals surface area (Å²) in [7, 11) is 0. The van der Waals surface area contributed by atoms with E-state index in [0.29, 0.717) is 17.8 Å². The van der Waals surface area contributed by atoms with Gasteiger partial charge in [0, 0.05) is 33.7 Å². The van der Waals surface area contributed by atoms with Crippen molar-refractivity contribution < 1.29 is 13.2 Å². The van der Waals surface area contributed by atoms with Gasteiger partial charge in [-0.25, -0.2) is 0 Å². The highest BCUT2D eigenvalue weighted by Crippen LogP contribution is 2.36. The minimum absolute atomic E-state index is 0.126. The summed E-state index contributed by atoms with van der Waals surface area (Å²) < 4.78 is 41.3. The van der Waals surface area contributed by atoms with E-state index >= 15 is 0 Å². The van der Waals surface area contributed by atoms with E-state index in [0.717, 1.165) is 9.99 Å². The van der Waals surface area contributed by atoms with Crippen LogP contribution in [0.25, 0.3) is 10.9 Å². The summed E-state index contributed by atoms with van der Waals surface area (Å²) in [6, 6.07) is 3.27. The van der Waals surface area contributed by atoms with Crippen LogP contribution in [0, 0.1) is 5.92 Å². The lowest BCUT2D eigenvalue weighted by atomic mass is 10.1. The largest absolute Gasteiger partial charge is 0.407 e. The average molecular weight is 349 g/mol. The van der Waals surface area contributed by atoms with Crippen molar-refractivity contribution >= 4 is 26.8 Å². The number of rotatable bonds is 3. The Hall–Kier alpha value is -1.01. The van der Waals surface area contributed by atoms with Crippen LogP contribution < -0.4 is 5.73 Å². The van der Waals surface area contributed by atoms with Crippen molar-refractivity contribution in [3.05, 3.63) is 34.4 Å². The fourth-order valence-corrected chi connectivity index (χ4v) is 2.61. The van der Waals surface area contributed by atoms with E-state index in [1.807, 2.05) is 24.5 Å². The van der Waals surface area contributed by atoms with Crippen LogP contribution in [0.2, 0.25) is 0 Å². The lowest BCUT2D eigenvalue weighted by Gasteiger charge is -2.14. The third-order valence-electron chi connectivity index (χ3n) is 3.12. The standard InChI is InChI=1S/C14H16BrF3N2/c1-8(2)6-20-7-11(13(19)14(16,17)18)10-4-3-9(15)5-12(10)20/h3-5,7-8,13H,6,19H2,1-2H3. The molecule has 0 aliphatic heterocycles. The highest BCUT2D eigenvalue weighted by atomic mass is 79.9. The van der Waals surface area contributed by atoms with Crippen LogP contribution in [0.1, 0.15) is 25.5 Å². The maximum absolute atomic E-state index is 12.9. The Balaban J connectivity index is 2.61. The topological polar surface area (TPSA) is 30.9 Å². The van der Waals surface area contributed by atoms with Crippen LogP contribution in [0.15, 0.2) is 28.9 Å². The molecule has 2 nitrogen and oxygen atoms in total. The molecule has 0 bridgehead atoms. The van der Waals surface area contributed by atoms with E-state index in [-0.39, 0.29) is 5.56 Å². The average Bonchev–Trinajstić information content (AvgIpc) is 2.64. The molecule has 0 aliphatic carbocycles. The molecule has 1 atom stereocenters. The van der Waals surface area contributed by atoms with Gasteiger partial charge in [0.2, 0.25) is 0 Å². The van der Waals surface area contributed by atoms with Crippen LogP contribution in [-0.2, 0) is 6.54 Å². The maximum atomic E-state index is 12.9. The molecule has 2 aromatic rings. The monoisotopic (exact) mass is 348 g/mol. The number of alkyl halides is 3. The molecule has 0 saturated heterocycles. The molecule has 1 unspecified atom stereocenters. The van der Waals surface area contributed by atoms with Gasteiger partial charge in [-0.05, 0) is 18.1 Å². The van der Waals surface area contributed by atoms with Gasteiger partial charge in [-0.2, -0.15) is 13.2 Å². The summed E-state index contributed by atoms with van der Waals surface area (Å²) >= 11 is 3.35. The predicted molar refractivity (Wildman–Crippen MR) is 77.5 cm³/mol. The van der Waals surface area contributed by atoms with Crippen LogP contribution in [0.4, 0.5) is 13.2 Å². The van der Waals surface area contributed by atoms with Gasteiger partial charge in [0.15, 0.2) is 0 Å². The van der Waals surface area contributed by atoms with Crippen molar-refractivity contribution in [2.45, 2.75) is 32.6 Å². The smallest absolute Gasteiger partial charge is 0.347 e. The van der Waals surface area contributed by atoms with Gasteiger partial charge in [0.25, 0.3) is 0 Å². The first kappa shape index (κ1) is 15.4. The first-order valence-electron chi connectivity index (χ1n) is 6.30. The maximum Gasteiger partial charge on any atom is 0.407 e. The molecule has 6 heteroatoms. The van der Waals surface area contributed by atoms with Crippen molar-refractivity contribution in [3.8, 4) is 0 Å². The molecule has 2 rings (SSSR count). The highest BCUT2D eigenvalue weighted by Gasteiger charge is 2.39. The Morgan fingerprint density at radius 1 is 1.30 bits per heavy atom. The molecule has 1 heterocycles. The van der Waals surface area contributed by atoms with Gasteiger partial charge < -0.3 is 10.3 Å². The molecule has 0 fully saturated rings. The van der Waals surface area contributed by atoms with Crippen LogP contribution in [0.3, 0.4) is 0 Å². The number of halogens is 4. The summed E-state index contributed by atoms with van der Waals surface area (Å²) in [6.07, 6.45) is -2.92. The molecule has 0 aliphatic rings. The van der Waals surface area contributed by atoms with Gasteiger partial charge in [0.1, 0.15) is 6.04 Å². The number of nitrogens with zero attached hydrogens (tertiary/aromatic N) is 1. The third-order valence-corrected chi connectivity index (χ3v) is 3.62. The number of nitrogens with two attached hydrogens (primary N) is 1. The molecule has 0 saturated carbocycles. The van der Waals surface area contributed by atoms with Crippen molar-refractivity contribution in [1.82, 2.24) is 4.57 Å². The van der Waals surface area contributed by atoms with Gasteiger partial charge in [-0.15, -0.1) is 0 Å². The Labute approximate surface area is 123 Å². The van der Waals surface area contributed by atoms with E-state index in [2.05, 4.69) is 15.9 Å². The van der Waals surface area contributed by atoms with Gasteiger partial charge in [-0.3, -0.25) is 0 Å². The zero-order chi connectivity index (χ0) is 15.1. The lowest BCUT2D eigenvalue weighted by Crippen LogP contribution is -2.28. The van der Waals surface area contributed by atoms with Crippen LogP contribution in [-0.4, -0.2) is 10.7 Å². The molecular formula is C14H16BrF3N2. The second-order valence-corrected chi connectivity index (χ2v) is 6.23. The van der Waals surface area contributed by atoms with Crippen molar-refractivity contribution in [2.24, 2.45) is 11.7 Å². The zero-order valence-electron chi connectivity index (χ0n) is 11.2. The van der Waals surface area contributed by atoms with E-state index < -0.39 is 12.2 Å². The number of hydrogen-bond acceptors (Lipinski definition) is 1. The van der Waals surface area contributed by atoms with E-state index in [4.69, 9.17) is 5.73 Å². The number of aromatic nitrogens is 1.